The van der Waals surface area contributed by atoms with Crippen molar-refractivity contribution in [3.05, 3.63) is 76.0 Å². The third kappa shape index (κ3) is 3.74. The van der Waals surface area contributed by atoms with E-state index in [0.717, 1.165) is 17.3 Å². The minimum absolute atomic E-state index is 0.115. The third-order valence-corrected chi connectivity index (χ3v) is 8.31. The summed E-state index contributed by atoms with van der Waals surface area (Å²) in [5, 5.41) is 12.8. The number of rotatable bonds is 3. The Morgan fingerprint density at radius 1 is 1.22 bits per heavy atom. The zero-order valence-corrected chi connectivity index (χ0v) is 18.4. The molecule has 1 fully saturated rings. The van der Waals surface area contributed by atoms with Gasteiger partial charge in [-0.1, -0.05) is 30.0 Å². The quantitative estimate of drug-likeness (QED) is 0.638. The lowest BCUT2D eigenvalue weighted by atomic mass is 9.93. The smallest absolute Gasteiger partial charge is 0.257 e. The van der Waals surface area contributed by atoms with E-state index in [1.165, 1.54) is 23.1 Å². The molecule has 2 atom stereocenters. The largest absolute Gasteiger partial charge is 0.339 e. The number of nitriles is 1. The highest BCUT2D eigenvalue weighted by Gasteiger charge is 2.53. The minimum Gasteiger partial charge on any atom is -0.339 e. The van der Waals surface area contributed by atoms with E-state index in [0.29, 0.717) is 41.2 Å². The van der Waals surface area contributed by atoms with Gasteiger partial charge in [0.2, 0.25) is 5.95 Å². The van der Waals surface area contributed by atoms with Crippen LogP contribution in [0.1, 0.15) is 20.1 Å². The molecule has 3 aromatic rings. The molecule has 32 heavy (non-hydrogen) atoms. The van der Waals surface area contributed by atoms with Gasteiger partial charge in [0.05, 0.1) is 17.1 Å². The maximum atomic E-state index is 13.3. The molecule has 2 aliphatic rings. The summed E-state index contributed by atoms with van der Waals surface area (Å²) in [4.78, 5) is 29.3. The van der Waals surface area contributed by atoms with E-state index < -0.39 is 10.6 Å². The molecule has 2 aliphatic heterocycles. The van der Waals surface area contributed by atoms with E-state index in [2.05, 4.69) is 26.3 Å². The van der Waals surface area contributed by atoms with Gasteiger partial charge in [0.15, 0.2) is 11.0 Å². The lowest BCUT2D eigenvalue weighted by molar-refractivity contribution is 0.0977. The molecule has 1 amide bonds. The SMILES string of the molecule is N#Cc1ccc([C@]23CN(c4ncc(F)cn4)C[C@@H]2CN=C(NC(=O)c2ccccc2)S3)s1. The number of nitrogens with one attached hydrogen (secondary N) is 1. The van der Waals surface area contributed by atoms with Crippen molar-refractivity contribution in [2.75, 3.05) is 24.5 Å². The Balaban J connectivity index is 1.45. The molecule has 10 heteroatoms. The van der Waals surface area contributed by atoms with Crippen molar-refractivity contribution in [2.45, 2.75) is 4.75 Å². The van der Waals surface area contributed by atoms with Crippen LogP contribution < -0.4 is 10.2 Å². The molecule has 1 aromatic carbocycles. The van der Waals surface area contributed by atoms with Crippen molar-refractivity contribution in [2.24, 2.45) is 10.9 Å². The van der Waals surface area contributed by atoms with Gasteiger partial charge >= 0.3 is 0 Å². The molecule has 7 nitrogen and oxygen atoms in total. The van der Waals surface area contributed by atoms with Crippen LogP contribution in [0, 0.1) is 23.1 Å². The summed E-state index contributed by atoms with van der Waals surface area (Å²) in [6, 6.07) is 15.0. The van der Waals surface area contributed by atoms with Gasteiger partial charge in [-0.15, -0.1) is 11.3 Å². The van der Waals surface area contributed by atoms with Gasteiger partial charge in [-0.25, -0.2) is 14.4 Å². The summed E-state index contributed by atoms with van der Waals surface area (Å²) in [6.07, 6.45) is 2.32. The molecule has 5 rings (SSSR count). The van der Waals surface area contributed by atoms with Gasteiger partial charge < -0.3 is 10.2 Å². The lowest BCUT2D eigenvalue weighted by Gasteiger charge is -2.35. The molecule has 0 unspecified atom stereocenters. The molecule has 0 bridgehead atoms. The fourth-order valence-corrected chi connectivity index (χ4v) is 6.55. The number of fused-ring (bicyclic) bond motifs is 1. The Morgan fingerprint density at radius 2 is 2.00 bits per heavy atom. The molecule has 2 aromatic heterocycles. The fourth-order valence-electron chi connectivity index (χ4n) is 4.01. The van der Waals surface area contributed by atoms with Crippen LogP contribution >= 0.6 is 23.1 Å². The van der Waals surface area contributed by atoms with Crippen LogP contribution in [-0.4, -0.2) is 40.7 Å². The molecule has 0 radical (unpaired) electrons. The van der Waals surface area contributed by atoms with E-state index in [-0.39, 0.29) is 11.8 Å². The third-order valence-electron chi connectivity index (χ3n) is 5.54. The number of aromatic nitrogens is 2. The summed E-state index contributed by atoms with van der Waals surface area (Å²) in [5.41, 5.74) is 0.558. The van der Waals surface area contributed by atoms with Crippen molar-refractivity contribution in [3.63, 3.8) is 0 Å². The number of amides is 1. The monoisotopic (exact) mass is 464 g/mol. The molecule has 0 aliphatic carbocycles. The molecular weight excluding hydrogens is 447 g/mol. The second kappa shape index (κ2) is 8.33. The highest BCUT2D eigenvalue weighted by molar-refractivity contribution is 8.14. The number of aliphatic imine (C=N–C) groups is 1. The second-order valence-corrected chi connectivity index (χ2v) is 9.92. The van der Waals surface area contributed by atoms with E-state index in [1.807, 2.05) is 35.2 Å². The Morgan fingerprint density at radius 3 is 2.72 bits per heavy atom. The average Bonchev–Trinajstić information content (AvgIpc) is 3.45. The number of hydrogen-bond acceptors (Lipinski definition) is 8. The maximum Gasteiger partial charge on any atom is 0.257 e. The number of benzene rings is 1. The highest BCUT2D eigenvalue weighted by Crippen LogP contribution is 2.53. The van der Waals surface area contributed by atoms with Crippen LogP contribution in [0.3, 0.4) is 0 Å². The first-order valence-electron chi connectivity index (χ1n) is 9.90. The van der Waals surface area contributed by atoms with Crippen molar-refractivity contribution in [1.82, 2.24) is 15.3 Å². The van der Waals surface area contributed by atoms with E-state index >= 15 is 0 Å². The van der Waals surface area contributed by atoms with Crippen LogP contribution in [0.5, 0.6) is 0 Å². The van der Waals surface area contributed by atoms with Gasteiger partial charge in [-0.05, 0) is 24.3 Å². The van der Waals surface area contributed by atoms with Crippen molar-refractivity contribution < 1.29 is 9.18 Å². The summed E-state index contributed by atoms with van der Waals surface area (Å²) in [7, 11) is 0. The number of thioether (sulfide) groups is 1. The molecule has 1 saturated heterocycles. The average molecular weight is 465 g/mol. The molecule has 1 N–H and O–H groups in total. The number of carbonyl (C=O) groups excluding carboxylic acids is 1. The Kier molecular flexibility index (Phi) is 5.36. The summed E-state index contributed by atoms with van der Waals surface area (Å²) >= 11 is 2.95. The number of amidine groups is 1. The zero-order valence-electron chi connectivity index (χ0n) is 16.7. The number of carbonyl (C=O) groups is 1. The van der Waals surface area contributed by atoms with Crippen LogP contribution in [0.2, 0.25) is 0 Å². The van der Waals surface area contributed by atoms with Gasteiger partial charge in [0, 0.05) is 36.0 Å². The summed E-state index contributed by atoms with van der Waals surface area (Å²) in [6.45, 7) is 1.70. The van der Waals surface area contributed by atoms with Gasteiger partial charge in [0.25, 0.3) is 5.91 Å². The normalized spacial score (nSPS) is 22.1. The molecule has 4 heterocycles. The first kappa shape index (κ1) is 20.6. The fraction of sp³-hybridized carbons (Fsp3) is 0.227. The van der Waals surface area contributed by atoms with E-state index in [9.17, 15) is 14.4 Å². The Hall–Kier alpha value is -3.29. The Bertz CT molecular complexity index is 1220. The van der Waals surface area contributed by atoms with Crippen molar-refractivity contribution in [1.29, 1.82) is 5.26 Å². The number of nitrogens with zero attached hydrogens (tertiary/aromatic N) is 5. The minimum atomic E-state index is -0.486. The van der Waals surface area contributed by atoms with Gasteiger partial charge in [-0.2, -0.15) is 5.26 Å². The predicted molar refractivity (Wildman–Crippen MR) is 122 cm³/mol. The molecule has 0 saturated carbocycles. The second-order valence-electron chi connectivity index (χ2n) is 7.51. The first-order valence-corrected chi connectivity index (χ1v) is 11.5. The van der Waals surface area contributed by atoms with Crippen molar-refractivity contribution in [3.8, 4) is 6.07 Å². The summed E-state index contributed by atoms with van der Waals surface area (Å²) in [5.74, 6) is -0.136. The number of thiophene rings is 1. The van der Waals surface area contributed by atoms with Crippen LogP contribution in [0.25, 0.3) is 0 Å². The number of anilines is 1. The van der Waals surface area contributed by atoms with Gasteiger partial charge in [0.1, 0.15) is 10.9 Å². The number of hydrogen-bond donors (Lipinski definition) is 1. The zero-order chi connectivity index (χ0) is 22.1. The Labute approximate surface area is 192 Å². The molecular formula is C22H17FN6OS2. The standard InChI is InChI=1S/C22H17FN6OS2/c23-16-10-25-20(26-11-16)29-12-15-9-27-21(28-19(30)14-4-2-1-3-5-14)32-22(15,13-29)18-7-6-17(8-24)31-18/h1-7,10-11,15H,9,12-13H2,(H,27,28,30)/t15-,22-/m0/s1. The van der Waals surface area contributed by atoms with Gasteiger partial charge in [-0.3, -0.25) is 9.79 Å². The van der Waals surface area contributed by atoms with Crippen LogP contribution in [-0.2, 0) is 4.75 Å². The highest BCUT2D eigenvalue weighted by atomic mass is 32.2. The van der Waals surface area contributed by atoms with Crippen molar-refractivity contribution >= 4 is 40.1 Å². The van der Waals surface area contributed by atoms with E-state index in [1.54, 1.807) is 12.1 Å². The number of halogens is 1. The molecule has 160 valence electrons. The lowest BCUT2D eigenvalue weighted by Crippen LogP contribution is -2.42. The summed E-state index contributed by atoms with van der Waals surface area (Å²) < 4.78 is 12.9. The van der Waals surface area contributed by atoms with E-state index in [4.69, 9.17) is 0 Å². The molecule has 0 spiro atoms. The predicted octanol–water partition coefficient (Wildman–Crippen LogP) is 3.41. The first-order chi connectivity index (χ1) is 15.6. The maximum absolute atomic E-state index is 13.3. The van der Waals surface area contributed by atoms with Crippen LogP contribution in [0.15, 0.2) is 59.9 Å². The van der Waals surface area contributed by atoms with Crippen LogP contribution in [0.4, 0.5) is 10.3 Å². The topological polar surface area (TPSA) is 94.3 Å².